The van der Waals surface area contributed by atoms with E-state index in [-0.39, 0.29) is 5.92 Å². The summed E-state index contributed by atoms with van der Waals surface area (Å²) in [4.78, 5) is 9.58. The largest absolute Gasteiger partial charge is 0.493 e. The highest BCUT2D eigenvalue weighted by atomic mass is 16.5. The number of nitrogens with zero attached hydrogens (tertiary/aromatic N) is 2. The number of benzene rings is 1. The molecule has 1 aromatic carbocycles. The highest BCUT2D eigenvalue weighted by Crippen LogP contribution is 2.33. The van der Waals surface area contributed by atoms with Crippen molar-refractivity contribution in [2.45, 2.75) is 31.6 Å². The van der Waals surface area contributed by atoms with Gasteiger partial charge in [-0.1, -0.05) is 18.2 Å². The molecule has 1 aliphatic heterocycles. The SMILES string of the molecule is CNc1nc(C2COc3ccccc3C2)nc2c1CCC2. The van der Waals surface area contributed by atoms with Crippen LogP contribution in [0.4, 0.5) is 5.82 Å². The number of para-hydroxylation sites is 1. The maximum absolute atomic E-state index is 5.88. The molecule has 4 nitrogen and oxygen atoms in total. The van der Waals surface area contributed by atoms with Crippen LogP contribution >= 0.6 is 0 Å². The lowest BCUT2D eigenvalue weighted by molar-refractivity contribution is 0.257. The molecule has 0 spiro atoms. The zero-order chi connectivity index (χ0) is 14.2. The standard InChI is InChI=1S/C17H19N3O/c1-18-17-13-6-4-7-14(13)19-16(20-17)12-9-11-5-2-3-8-15(11)21-10-12/h2-3,5,8,12H,4,6-7,9-10H2,1H3,(H,18,19,20). The van der Waals surface area contributed by atoms with Crippen molar-refractivity contribution < 1.29 is 4.74 Å². The predicted molar refractivity (Wildman–Crippen MR) is 82.0 cm³/mol. The Morgan fingerprint density at radius 1 is 1.19 bits per heavy atom. The molecule has 0 saturated carbocycles. The van der Waals surface area contributed by atoms with E-state index < -0.39 is 0 Å². The molecule has 1 atom stereocenters. The van der Waals surface area contributed by atoms with Gasteiger partial charge in [0.05, 0.1) is 12.5 Å². The van der Waals surface area contributed by atoms with Gasteiger partial charge in [-0.25, -0.2) is 9.97 Å². The van der Waals surface area contributed by atoms with Crippen LogP contribution in [0.2, 0.25) is 0 Å². The van der Waals surface area contributed by atoms with E-state index in [9.17, 15) is 0 Å². The second kappa shape index (κ2) is 5.02. The molecule has 1 aliphatic carbocycles. The van der Waals surface area contributed by atoms with E-state index in [0.29, 0.717) is 6.61 Å². The Kier molecular flexibility index (Phi) is 3.02. The lowest BCUT2D eigenvalue weighted by Crippen LogP contribution is -2.22. The van der Waals surface area contributed by atoms with Crippen LogP contribution in [0.3, 0.4) is 0 Å². The predicted octanol–water partition coefficient (Wildman–Crippen LogP) is 2.73. The lowest BCUT2D eigenvalue weighted by atomic mass is 9.96. The van der Waals surface area contributed by atoms with Crippen molar-refractivity contribution in [2.75, 3.05) is 19.0 Å². The van der Waals surface area contributed by atoms with E-state index in [1.165, 1.54) is 23.2 Å². The molecule has 2 aliphatic rings. The van der Waals surface area contributed by atoms with Gasteiger partial charge >= 0.3 is 0 Å². The van der Waals surface area contributed by atoms with Gasteiger partial charge in [-0.05, 0) is 37.3 Å². The quantitative estimate of drug-likeness (QED) is 0.919. The van der Waals surface area contributed by atoms with E-state index in [4.69, 9.17) is 14.7 Å². The summed E-state index contributed by atoms with van der Waals surface area (Å²) in [7, 11) is 1.94. The fourth-order valence-electron chi connectivity index (χ4n) is 3.33. The Morgan fingerprint density at radius 3 is 3.00 bits per heavy atom. The van der Waals surface area contributed by atoms with Crippen molar-refractivity contribution in [3.05, 3.63) is 46.9 Å². The number of rotatable bonds is 2. The van der Waals surface area contributed by atoms with Gasteiger partial charge in [0, 0.05) is 18.3 Å². The topological polar surface area (TPSA) is 47.0 Å². The molecule has 0 bridgehead atoms. The fraction of sp³-hybridized carbons (Fsp3) is 0.412. The van der Waals surface area contributed by atoms with Gasteiger partial charge in [0.2, 0.25) is 0 Å². The highest BCUT2D eigenvalue weighted by Gasteiger charge is 2.26. The molecule has 4 heteroatoms. The van der Waals surface area contributed by atoms with Gasteiger partial charge in [-0.15, -0.1) is 0 Å². The van der Waals surface area contributed by atoms with E-state index >= 15 is 0 Å². The van der Waals surface area contributed by atoms with Gasteiger partial charge in [0.1, 0.15) is 17.4 Å². The molecule has 108 valence electrons. The van der Waals surface area contributed by atoms with Crippen molar-refractivity contribution in [3.8, 4) is 5.75 Å². The minimum atomic E-state index is 0.248. The van der Waals surface area contributed by atoms with Gasteiger partial charge in [-0.2, -0.15) is 0 Å². The second-order valence-electron chi connectivity index (χ2n) is 5.78. The number of ether oxygens (including phenoxy) is 1. The number of anilines is 1. The first-order valence-electron chi connectivity index (χ1n) is 7.63. The van der Waals surface area contributed by atoms with Crippen LogP contribution < -0.4 is 10.1 Å². The molecule has 0 amide bonds. The van der Waals surface area contributed by atoms with Crippen molar-refractivity contribution in [2.24, 2.45) is 0 Å². The Balaban J connectivity index is 1.69. The number of hydrogen-bond donors (Lipinski definition) is 1. The average Bonchev–Trinajstić information content (AvgIpc) is 3.02. The third-order valence-corrected chi connectivity index (χ3v) is 4.43. The fourth-order valence-corrected chi connectivity index (χ4v) is 3.33. The molecule has 0 radical (unpaired) electrons. The summed E-state index contributed by atoms with van der Waals surface area (Å²) in [6, 6.07) is 8.25. The number of fused-ring (bicyclic) bond motifs is 2. The molecule has 0 fully saturated rings. The Hall–Kier alpha value is -2.10. The first kappa shape index (κ1) is 12.6. The van der Waals surface area contributed by atoms with Crippen molar-refractivity contribution in [1.82, 2.24) is 9.97 Å². The molecule has 21 heavy (non-hydrogen) atoms. The van der Waals surface area contributed by atoms with Crippen LogP contribution in [0, 0.1) is 0 Å². The molecule has 2 heterocycles. The average molecular weight is 281 g/mol. The number of aryl methyl sites for hydroxylation is 1. The van der Waals surface area contributed by atoms with Gasteiger partial charge in [-0.3, -0.25) is 0 Å². The monoisotopic (exact) mass is 281 g/mol. The molecule has 0 saturated heterocycles. The number of aromatic nitrogens is 2. The molecule has 1 aromatic heterocycles. The van der Waals surface area contributed by atoms with Gasteiger partial charge in [0.15, 0.2) is 0 Å². The third kappa shape index (κ3) is 2.15. The molecular weight excluding hydrogens is 262 g/mol. The Morgan fingerprint density at radius 2 is 2.10 bits per heavy atom. The summed E-state index contributed by atoms with van der Waals surface area (Å²) in [5, 5.41) is 3.23. The normalized spacial score (nSPS) is 19.6. The summed E-state index contributed by atoms with van der Waals surface area (Å²) >= 11 is 0. The molecule has 1 unspecified atom stereocenters. The first-order valence-corrected chi connectivity index (χ1v) is 7.63. The second-order valence-corrected chi connectivity index (χ2v) is 5.78. The van der Waals surface area contributed by atoms with E-state index in [1.807, 2.05) is 19.2 Å². The Labute approximate surface area is 124 Å². The van der Waals surface area contributed by atoms with Crippen molar-refractivity contribution in [1.29, 1.82) is 0 Å². The lowest BCUT2D eigenvalue weighted by Gasteiger charge is -2.25. The smallest absolute Gasteiger partial charge is 0.137 e. The first-order chi connectivity index (χ1) is 10.3. The van der Waals surface area contributed by atoms with Crippen LogP contribution in [0.15, 0.2) is 24.3 Å². The maximum Gasteiger partial charge on any atom is 0.137 e. The van der Waals surface area contributed by atoms with E-state index in [0.717, 1.165) is 36.7 Å². The van der Waals surface area contributed by atoms with Crippen LogP contribution in [0.1, 0.15) is 35.0 Å². The van der Waals surface area contributed by atoms with Crippen LogP contribution in [0.5, 0.6) is 5.75 Å². The van der Waals surface area contributed by atoms with E-state index in [1.54, 1.807) is 0 Å². The minimum absolute atomic E-state index is 0.248. The Bertz CT molecular complexity index is 684. The van der Waals surface area contributed by atoms with Gasteiger partial charge < -0.3 is 10.1 Å². The molecule has 4 rings (SSSR count). The van der Waals surface area contributed by atoms with Gasteiger partial charge in [0.25, 0.3) is 0 Å². The maximum atomic E-state index is 5.88. The summed E-state index contributed by atoms with van der Waals surface area (Å²) in [6.07, 6.45) is 4.31. The summed E-state index contributed by atoms with van der Waals surface area (Å²) in [6.45, 7) is 0.666. The molecule has 1 N–H and O–H groups in total. The van der Waals surface area contributed by atoms with Crippen molar-refractivity contribution in [3.63, 3.8) is 0 Å². The molecular formula is C17H19N3O. The molecule has 2 aromatic rings. The summed E-state index contributed by atoms with van der Waals surface area (Å²) in [5.41, 5.74) is 3.78. The van der Waals surface area contributed by atoms with Crippen LogP contribution in [-0.2, 0) is 19.3 Å². The highest BCUT2D eigenvalue weighted by molar-refractivity contribution is 5.49. The zero-order valence-electron chi connectivity index (χ0n) is 12.2. The minimum Gasteiger partial charge on any atom is -0.493 e. The number of hydrogen-bond acceptors (Lipinski definition) is 4. The third-order valence-electron chi connectivity index (χ3n) is 4.43. The summed E-state index contributed by atoms with van der Waals surface area (Å²) < 4.78 is 5.88. The van der Waals surface area contributed by atoms with Crippen molar-refractivity contribution >= 4 is 5.82 Å². The van der Waals surface area contributed by atoms with Crippen LogP contribution in [-0.4, -0.2) is 23.6 Å². The number of nitrogens with one attached hydrogen (secondary N) is 1. The van der Waals surface area contributed by atoms with E-state index in [2.05, 4.69) is 17.4 Å². The summed E-state index contributed by atoms with van der Waals surface area (Å²) in [5.74, 6) is 3.18. The van der Waals surface area contributed by atoms with Crippen LogP contribution in [0.25, 0.3) is 0 Å². The zero-order valence-corrected chi connectivity index (χ0v) is 12.2.